The number of anilines is 1. The Morgan fingerprint density at radius 2 is 1.64 bits per heavy atom. The molecular weight excluding hydrogens is 358 g/mol. The van der Waals surface area contributed by atoms with Crippen LogP contribution in [0.25, 0.3) is 0 Å². The van der Waals surface area contributed by atoms with Crippen molar-refractivity contribution in [1.29, 1.82) is 0 Å². The minimum atomic E-state index is -0.178. The van der Waals surface area contributed by atoms with E-state index in [2.05, 4.69) is 19.8 Å². The third kappa shape index (κ3) is 3.55. The van der Waals surface area contributed by atoms with Gasteiger partial charge in [-0.15, -0.1) is 0 Å². The number of amides is 2. The minimum absolute atomic E-state index is 0.178. The molecule has 1 saturated heterocycles. The van der Waals surface area contributed by atoms with E-state index in [-0.39, 0.29) is 11.8 Å². The Morgan fingerprint density at radius 1 is 0.964 bits per heavy atom. The number of ether oxygens (including phenoxy) is 1. The Balaban J connectivity index is 1.25. The smallest absolute Gasteiger partial charge is 0.261 e. The predicted octanol–water partition coefficient (Wildman–Crippen LogP) is 1.29. The lowest BCUT2D eigenvalue weighted by Gasteiger charge is -2.35. The second-order valence-corrected chi connectivity index (χ2v) is 6.91. The molecule has 0 radical (unpaired) electrons. The van der Waals surface area contributed by atoms with Crippen LogP contribution in [-0.2, 0) is 0 Å². The second-order valence-electron chi connectivity index (χ2n) is 6.91. The number of piperazine rings is 1. The first kappa shape index (κ1) is 18.4. The van der Waals surface area contributed by atoms with Gasteiger partial charge in [-0.05, 0) is 25.1 Å². The molecule has 0 saturated carbocycles. The molecule has 2 aromatic rings. The summed E-state index contributed by atoms with van der Waals surface area (Å²) in [6.45, 7) is 4.87. The Hall–Kier alpha value is -3.00. The summed E-state index contributed by atoms with van der Waals surface area (Å²) in [6.07, 6.45) is 2.29. The predicted molar refractivity (Wildman–Crippen MR) is 104 cm³/mol. The summed E-state index contributed by atoms with van der Waals surface area (Å²) >= 11 is 0. The van der Waals surface area contributed by atoms with Crippen LogP contribution in [0.2, 0.25) is 0 Å². The van der Waals surface area contributed by atoms with E-state index < -0.39 is 0 Å². The Labute approximate surface area is 163 Å². The van der Waals surface area contributed by atoms with Crippen LogP contribution in [0.5, 0.6) is 5.88 Å². The van der Waals surface area contributed by atoms with Crippen molar-refractivity contribution in [3.05, 3.63) is 47.8 Å². The van der Waals surface area contributed by atoms with Crippen LogP contribution in [0.1, 0.15) is 27.1 Å². The number of carbonyl (C=O) groups is 2. The molecule has 2 aliphatic rings. The Kier molecular flexibility index (Phi) is 5.21. The van der Waals surface area contributed by atoms with Gasteiger partial charge in [0.25, 0.3) is 11.8 Å². The SMILES string of the molecule is COc1cc(N2CCN(CCCN3C(=O)c4ccccc4C3=O)CC2)ncn1. The van der Waals surface area contributed by atoms with E-state index in [1.165, 1.54) is 11.2 Å². The van der Waals surface area contributed by atoms with Gasteiger partial charge in [0.15, 0.2) is 0 Å². The third-order valence-electron chi connectivity index (χ3n) is 5.27. The van der Waals surface area contributed by atoms with E-state index in [9.17, 15) is 9.59 Å². The molecule has 8 nitrogen and oxygen atoms in total. The van der Waals surface area contributed by atoms with Crippen LogP contribution in [-0.4, -0.2) is 78.0 Å². The molecule has 3 heterocycles. The number of methoxy groups -OCH3 is 1. The number of carbonyl (C=O) groups excluding carboxylic acids is 2. The molecule has 0 N–H and O–H groups in total. The molecule has 146 valence electrons. The lowest BCUT2D eigenvalue weighted by atomic mass is 10.1. The average molecular weight is 381 g/mol. The average Bonchev–Trinajstić information content (AvgIpc) is 2.99. The fourth-order valence-corrected chi connectivity index (χ4v) is 3.71. The van der Waals surface area contributed by atoms with E-state index in [4.69, 9.17) is 4.74 Å². The lowest BCUT2D eigenvalue weighted by Crippen LogP contribution is -2.47. The first-order valence-corrected chi connectivity index (χ1v) is 9.46. The number of benzene rings is 1. The van der Waals surface area contributed by atoms with Crippen molar-refractivity contribution in [3.8, 4) is 5.88 Å². The maximum absolute atomic E-state index is 12.4. The van der Waals surface area contributed by atoms with E-state index >= 15 is 0 Å². The Bertz CT molecular complexity index is 845. The van der Waals surface area contributed by atoms with Crippen molar-refractivity contribution in [1.82, 2.24) is 19.8 Å². The van der Waals surface area contributed by atoms with Gasteiger partial charge in [0.2, 0.25) is 5.88 Å². The topological polar surface area (TPSA) is 78.9 Å². The van der Waals surface area contributed by atoms with Crippen molar-refractivity contribution < 1.29 is 14.3 Å². The molecular formula is C20H23N5O3. The van der Waals surface area contributed by atoms with Gasteiger partial charge in [0, 0.05) is 38.8 Å². The van der Waals surface area contributed by atoms with Crippen molar-refractivity contribution in [3.63, 3.8) is 0 Å². The van der Waals surface area contributed by atoms with Gasteiger partial charge in [-0.1, -0.05) is 12.1 Å². The standard InChI is InChI=1S/C20H23N5O3/c1-28-18-13-17(21-14-22-18)24-11-9-23(10-12-24)7-4-8-25-19(26)15-5-2-3-6-16(15)20(25)27/h2-3,5-6,13-14H,4,7-12H2,1H3. The summed E-state index contributed by atoms with van der Waals surface area (Å²) in [5, 5.41) is 0. The molecule has 4 rings (SSSR count). The molecule has 2 aliphatic heterocycles. The van der Waals surface area contributed by atoms with Crippen LogP contribution in [0.15, 0.2) is 36.7 Å². The van der Waals surface area contributed by atoms with Gasteiger partial charge < -0.3 is 9.64 Å². The molecule has 1 aromatic heterocycles. The van der Waals surface area contributed by atoms with E-state index in [0.717, 1.165) is 45.0 Å². The molecule has 1 aromatic carbocycles. The molecule has 0 spiro atoms. The monoisotopic (exact) mass is 381 g/mol. The van der Waals surface area contributed by atoms with E-state index in [1.807, 2.05) is 6.07 Å². The van der Waals surface area contributed by atoms with Gasteiger partial charge in [0.1, 0.15) is 12.1 Å². The van der Waals surface area contributed by atoms with Gasteiger partial charge in [-0.25, -0.2) is 9.97 Å². The maximum Gasteiger partial charge on any atom is 0.261 e. The van der Waals surface area contributed by atoms with Crippen molar-refractivity contribution >= 4 is 17.6 Å². The van der Waals surface area contributed by atoms with Crippen molar-refractivity contribution in [2.45, 2.75) is 6.42 Å². The summed E-state index contributed by atoms with van der Waals surface area (Å²) in [4.78, 5) is 39.1. The first-order chi connectivity index (χ1) is 13.7. The number of nitrogens with zero attached hydrogens (tertiary/aromatic N) is 5. The second kappa shape index (κ2) is 7.93. The molecule has 8 heteroatoms. The summed E-state index contributed by atoms with van der Waals surface area (Å²) < 4.78 is 5.16. The van der Waals surface area contributed by atoms with Crippen LogP contribution in [0.3, 0.4) is 0 Å². The summed E-state index contributed by atoms with van der Waals surface area (Å²) in [5.74, 6) is 1.08. The van der Waals surface area contributed by atoms with Crippen LogP contribution in [0, 0.1) is 0 Å². The van der Waals surface area contributed by atoms with Crippen LogP contribution < -0.4 is 9.64 Å². The molecule has 2 amide bonds. The fraction of sp³-hybridized carbons (Fsp3) is 0.400. The zero-order valence-electron chi connectivity index (χ0n) is 15.9. The fourth-order valence-electron chi connectivity index (χ4n) is 3.71. The van der Waals surface area contributed by atoms with Gasteiger partial charge in [0.05, 0.1) is 18.2 Å². The number of hydrogen-bond donors (Lipinski definition) is 0. The molecule has 1 fully saturated rings. The minimum Gasteiger partial charge on any atom is -0.481 e. The van der Waals surface area contributed by atoms with Crippen molar-refractivity contribution in [2.24, 2.45) is 0 Å². The van der Waals surface area contributed by atoms with Crippen molar-refractivity contribution in [2.75, 3.05) is 51.3 Å². The normalized spacial score (nSPS) is 17.2. The molecule has 0 aliphatic carbocycles. The van der Waals surface area contributed by atoms with Gasteiger partial charge >= 0.3 is 0 Å². The summed E-state index contributed by atoms with van der Waals surface area (Å²) in [6, 6.07) is 8.87. The molecule has 28 heavy (non-hydrogen) atoms. The molecule has 0 atom stereocenters. The highest BCUT2D eigenvalue weighted by molar-refractivity contribution is 6.21. The third-order valence-corrected chi connectivity index (χ3v) is 5.27. The zero-order valence-corrected chi connectivity index (χ0v) is 15.9. The van der Waals surface area contributed by atoms with Crippen LogP contribution in [0.4, 0.5) is 5.82 Å². The van der Waals surface area contributed by atoms with Gasteiger partial charge in [-0.2, -0.15) is 0 Å². The number of fused-ring (bicyclic) bond motifs is 1. The maximum atomic E-state index is 12.4. The van der Waals surface area contributed by atoms with E-state index in [0.29, 0.717) is 23.6 Å². The largest absolute Gasteiger partial charge is 0.481 e. The quantitative estimate of drug-likeness (QED) is 0.698. The highest BCUT2D eigenvalue weighted by Crippen LogP contribution is 2.22. The first-order valence-electron chi connectivity index (χ1n) is 9.46. The summed E-state index contributed by atoms with van der Waals surface area (Å²) in [5.41, 5.74) is 1.03. The molecule has 0 bridgehead atoms. The number of rotatable bonds is 6. The molecule has 0 unspecified atom stereocenters. The van der Waals surface area contributed by atoms with E-state index in [1.54, 1.807) is 31.4 Å². The van der Waals surface area contributed by atoms with Crippen LogP contribution >= 0.6 is 0 Å². The van der Waals surface area contributed by atoms with Gasteiger partial charge in [-0.3, -0.25) is 19.4 Å². The number of hydrogen-bond acceptors (Lipinski definition) is 7. The Morgan fingerprint density at radius 3 is 2.29 bits per heavy atom. The highest BCUT2D eigenvalue weighted by Gasteiger charge is 2.34. The zero-order chi connectivity index (χ0) is 19.5. The number of aromatic nitrogens is 2. The number of imide groups is 1. The highest BCUT2D eigenvalue weighted by atomic mass is 16.5. The lowest BCUT2D eigenvalue weighted by molar-refractivity contribution is 0.0647. The summed E-state index contributed by atoms with van der Waals surface area (Å²) in [7, 11) is 1.60.